The van der Waals surface area contributed by atoms with E-state index >= 15 is 0 Å². The fourth-order valence-corrected chi connectivity index (χ4v) is 5.36. The van der Waals surface area contributed by atoms with Crippen LogP contribution in [0.15, 0.2) is 6.07 Å². The molecule has 0 saturated carbocycles. The van der Waals surface area contributed by atoms with Crippen LogP contribution in [0.3, 0.4) is 0 Å². The molecule has 0 radical (unpaired) electrons. The lowest BCUT2D eigenvalue weighted by Crippen LogP contribution is -2.50. The highest BCUT2D eigenvalue weighted by molar-refractivity contribution is 5.77. The van der Waals surface area contributed by atoms with Gasteiger partial charge in [-0.25, -0.2) is 19.6 Å². The number of urea groups is 2. The molecule has 0 aromatic carbocycles. The number of hydrogen-bond acceptors (Lipinski definition) is 6. The number of nitrogens with zero attached hydrogens (tertiary/aromatic N) is 6. The van der Waals surface area contributed by atoms with Crippen LogP contribution < -0.4 is 20.4 Å². The Hall–Kier alpha value is -2.78. The number of rotatable bonds is 4. The molecule has 2 N–H and O–H groups in total. The van der Waals surface area contributed by atoms with Gasteiger partial charge in [-0.1, -0.05) is 0 Å². The predicted molar refractivity (Wildman–Crippen MR) is 117 cm³/mol. The van der Waals surface area contributed by atoms with Crippen LogP contribution in [-0.4, -0.2) is 96.3 Å². The molecule has 10 nitrogen and oxygen atoms in total. The molecule has 5 rings (SSSR count). The van der Waals surface area contributed by atoms with Crippen LogP contribution in [0.5, 0.6) is 0 Å². The lowest BCUT2D eigenvalue weighted by molar-refractivity contribution is 0.189. The van der Waals surface area contributed by atoms with E-state index in [4.69, 9.17) is 9.97 Å². The number of carbonyl (C=O) groups excluding carboxylic acids is 2. The number of hydrogen-bond donors (Lipinski definition) is 2. The van der Waals surface area contributed by atoms with E-state index in [1.807, 2.05) is 16.7 Å². The second-order valence-corrected chi connectivity index (χ2v) is 8.97. The van der Waals surface area contributed by atoms with Crippen LogP contribution >= 0.6 is 0 Å². The van der Waals surface area contributed by atoms with Crippen LogP contribution in [0.4, 0.5) is 21.2 Å². The third kappa shape index (κ3) is 4.07. The van der Waals surface area contributed by atoms with Gasteiger partial charge in [-0.2, -0.15) is 0 Å². The van der Waals surface area contributed by atoms with E-state index < -0.39 is 0 Å². The molecule has 10 heteroatoms. The standard InChI is InChI=1S/C21H32N8O2/c1-15-24-18(26-8-2-4-16(13-26)28-10-6-22-20(28)30)12-19(25-15)27-9-3-5-17(14-27)29-11-7-23-21(29)31/h12,16-17H,2-11,13-14H2,1H3,(H,22,30)(H,23,31)/t16-,17-/m0/s1. The number of anilines is 2. The van der Waals surface area contributed by atoms with Gasteiger partial charge < -0.3 is 30.2 Å². The summed E-state index contributed by atoms with van der Waals surface area (Å²) in [5, 5.41) is 5.83. The monoisotopic (exact) mass is 428 g/mol. The SMILES string of the molecule is Cc1nc(N2CCC[C@H](N3CCNC3=O)C2)cc(N2CCC[C@H](N3CCNC3=O)C2)n1. The third-order valence-electron chi connectivity index (χ3n) is 6.91. The smallest absolute Gasteiger partial charge is 0.317 e. The Labute approximate surface area is 183 Å². The summed E-state index contributed by atoms with van der Waals surface area (Å²) in [6, 6.07) is 2.64. The minimum absolute atomic E-state index is 0.0525. The Bertz CT molecular complexity index is 784. The molecule has 2 atom stereocenters. The molecule has 4 aliphatic heterocycles. The van der Waals surface area contributed by atoms with E-state index in [-0.39, 0.29) is 24.1 Å². The summed E-state index contributed by atoms with van der Waals surface area (Å²) in [6.45, 7) is 8.47. The fraction of sp³-hybridized carbons (Fsp3) is 0.714. The Morgan fingerprint density at radius 3 is 1.71 bits per heavy atom. The molecule has 4 aliphatic rings. The second-order valence-electron chi connectivity index (χ2n) is 8.97. The predicted octanol–water partition coefficient (Wildman–Crippen LogP) is 0.773. The molecular formula is C21H32N8O2. The molecule has 4 fully saturated rings. The van der Waals surface area contributed by atoms with E-state index in [0.29, 0.717) is 0 Å². The molecule has 4 saturated heterocycles. The molecule has 4 amide bonds. The molecule has 1 aromatic heterocycles. The van der Waals surface area contributed by atoms with E-state index in [9.17, 15) is 9.59 Å². The molecular weight excluding hydrogens is 396 g/mol. The van der Waals surface area contributed by atoms with Gasteiger partial charge in [0.15, 0.2) is 0 Å². The van der Waals surface area contributed by atoms with E-state index in [0.717, 1.165) is 95.5 Å². The van der Waals surface area contributed by atoms with Gasteiger partial charge in [-0.05, 0) is 32.6 Å². The van der Waals surface area contributed by atoms with Crippen LogP contribution in [0, 0.1) is 6.92 Å². The highest BCUT2D eigenvalue weighted by atomic mass is 16.2. The summed E-state index contributed by atoms with van der Waals surface area (Å²) in [6.07, 6.45) is 4.16. The van der Waals surface area contributed by atoms with Crippen molar-refractivity contribution in [3.05, 3.63) is 11.9 Å². The van der Waals surface area contributed by atoms with Gasteiger partial charge >= 0.3 is 12.1 Å². The maximum atomic E-state index is 12.1. The van der Waals surface area contributed by atoms with Crippen molar-refractivity contribution in [3.63, 3.8) is 0 Å². The number of aromatic nitrogens is 2. The largest absolute Gasteiger partial charge is 0.354 e. The first kappa shape index (κ1) is 20.1. The number of nitrogens with one attached hydrogen (secondary N) is 2. The molecule has 168 valence electrons. The number of piperidine rings is 2. The molecule has 0 unspecified atom stereocenters. The van der Waals surface area contributed by atoms with Crippen LogP contribution in [0.2, 0.25) is 0 Å². The average molecular weight is 429 g/mol. The maximum Gasteiger partial charge on any atom is 0.317 e. The first-order valence-corrected chi connectivity index (χ1v) is 11.5. The van der Waals surface area contributed by atoms with Crippen LogP contribution in [0.25, 0.3) is 0 Å². The van der Waals surface area contributed by atoms with Crippen molar-refractivity contribution in [1.29, 1.82) is 0 Å². The quantitative estimate of drug-likeness (QED) is 0.736. The lowest BCUT2D eigenvalue weighted by Gasteiger charge is -2.39. The van der Waals surface area contributed by atoms with E-state index in [1.54, 1.807) is 0 Å². The molecule has 31 heavy (non-hydrogen) atoms. The van der Waals surface area contributed by atoms with E-state index in [2.05, 4.69) is 26.5 Å². The molecule has 0 bridgehead atoms. The number of amides is 4. The molecule has 5 heterocycles. The first-order valence-electron chi connectivity index (χ1n) is 11.5. The topological polar surface area (TPSA) is 96.9 Å². The Balaban J connectivity index is 1.32. The van der Waals surface area contributed by atoms with Crippen LogP contribution in [-0.2, 0) is 0 Å². The van der Waals surface area contributed by atoms with Crippen molar-refractivity contribution in [1.82, 2.24) is 30.4 Å². The lowest BCUT2D eigenvalue weighted by atomic mass is 10.0. The van der Waals surface area contributed by atoms with Gasteiger partial charge in [0.25, 0.3) is 0 Å². The zero-order valence-corrected chi connectivity index (χ0v) is 18.2. The van der Waals surface area contributed by atoms with Crippen molar-refractivity contribution in [2.75, 3.05) is 62.2 Å². The fourth-order valence-electron chi connectivity index (χ4n) is 5.36. The van der Waals surface area contributed by atoms with Crippen LogP contribution in [0.1, 0.15) is 31.5 Å². The van der Waals surface area contributed by atoms with Gasteiger partial charge in [0, 0.05) is 58.4 Å². The molecule has 0 spiro atoms. The highest BCUT2D eigenvalue weighted by Gasteiger charge is 2.34. The summed E-state index contributed by atoms with van der Waals surface area (Å²) in [5.74, 6) is 2.63. The Morgan fingerprint density at radius 2 is 1.29 bits per heavy atom. The minimum atomic E-state index is 0.0525. The molecule has 0 aliphatic carbocycles. The number of aryl methyl sites for hydroxylation is 1. The van der Waals surface area contributed by atoms with Gasteiger partial charge in [0.05, 0.1) is 12.1 Å². The summed E-state index contributed by atoms with van der Waals surface area (Å²) in [7, 11) is 0. The van der Waals surface area contributed by atoms with Gasteiger partial charge in [0.1, 0.15) is 17.5 Å². The summed E-state index contributed by atoms with van der Waals surface area (Å²) in [5.41, 5.74) is 0. The summed E-state index contributed by atoms with van der Waals surface area (Å²) in [4.78, 5) is 42.3. The highest BCUT2D eigenvalue weighted by Crippen LogP contribution is 2.27. The Kier molecular flexibility index (Phi) is 5.45. The third-order valence-corrected chi connectivity index (χ3v) is 6.91. The van der Waals surface area contributed by atoms with Gasteiger partial charge in [-0.15, -0.1) is 0 Å². The first-order chi connectivity index (χ1) is 15.1. The average Bonchev–Trinajstić information content (AvgIpc) is 3.41. The van der Waals surface area contributed by atoms with Crippen molar-refractivity contribution >= 4 is 23.7 Å². The van der Waals surface area contributed by atoms with Gasteiger partial charge in [-0.3, -0.25) is 0 Å². The minimum Gasteiger partial charge on any atom is -0.354 e. The normalized spacial score (nSPS) is 27.0. The second kappa shape index (κ2) is 8.39. The van der Waals surface area contributed by atoms with Crippen molar-refractivity contribution < 1.29 is 9.59 Å². The zero-order chi connectivity index (χ0) is 21.4. The van der Waals surface area contributed by atoms with Crippen molar-refractivity contribution in [2.24, 2.45) is 0 Å². The Morgan fingerprint density at radius 1 is 0.806 bits per heavy atom. The van der Waals surface area contributed by atoms with Gasteiger partial charge in [0.2, 0.25) is 0 Å². The van der Waals surface area contributed by atoms with Crippen molar-refractivity contribution in [2.45, 2.75) is 44.7 Å². The van der Waals surface area contributed by atoms with E-state index in [1.165, 1.54) is 0 Å². The zero-order valence-electron chi connectivity index (χ0n) is 18.2. The van der Waals surface area contributed by atoms with Crippen molar-refractivity contribution in [3.8, 4) is 0 Å². The maximum absolute atomic E-state index is 12.1. The summed E-state index contributed by atoms with van der Waals surface area (Å²) >= 11 is 0. The summed E-state index contributed by atoms with van der Waals surface area (Å²) < 4.78 is 0. The molecule has 1 aromatic rings. The number of carbonyl (C=O) groups is 2.